The molecule has 0 saturated heterocycles. The van der Waals surface area contributed by atoms with E-state index in [9.17, 15) is 0 Å². The minimum absolute atomic E-state index is 0.0106. The van der Waals surface area contributed by atoms with Crippen LogP contribution in [0.5, 0.6) is 11.8 Å². The first-order valence-electron chi connectivity index (χ1n) is 21.7. The Morgan fingerprint density at radius 2 is 0.583 bits per heavy atom. The van der Waals surface area contributed by atoms with Crippen molar-refractivity contribution in [2.24, 2.45) is 0 Å². The van der Waals surface area contributed by atoms with Gasteiger partial charge in [-0.05, 0) is 88.4 Å². The highest BCUT2D eigenvalue weighted by Crippen LogP contribution is 2.63. The summed E-state index contributed by atoms with van der Waals surface area (Å²) in [5.74, 6) is 0.762. The summed E-state index contributed by atoms with van der Waals surface area (Å²) in [4.78, 5) is 0. The Hall–Kier alpha value is -5.36. The van der Waals surface area contributed by atoms with Crippen LogP contribution in [-0.4, -0.2) is 34.6 Å². The Bertz CT molecular complexity index is 2610. The van der Waals surface area contributed by atoms with Crippen molar-refractivity contribution in [1.29, 1.82) is 0 Å². The van der Waals surface area contributed by atoms with Crippen molar-refractivity contribution in [2.45, 2.75) is 128 Å². The number of methoxy groups -OCH3 is 2. The van der Waals surface area contributed by atoms with E-state index in [1.54, 1.807) is 14.2 Å². The highest BCUT2D eigenvalue weighted by atomic mass is 16.5. The van der Waals surface area contributed by atoms with Gasteiger partial charge in [0.05, 0.1) is 14.2 Å². The quantitative estimate of drug-likeness (QED) is 0.177. The lowest BCUT2D eigenvalue weighted by molar-refractivity contribution is 0.381. The Morgan fingerprint density at radius 1 is 0.333 bits per heavy atom. The van der Waals surface area contributed by atoms with Crippen molar-refractivity contribution in [1.82, 2.24) is 20.4 Å². The van der Waals surface area contributed by atoms with Gasteiger partial charge in [-0.2, -0.15) is 0 Å². The van der Waals surface area contributed by atoms with Crippen LogP contribution in [0.1, 0.15) is 196 Å². The van der Waals surface area contributed by atoms with Crippen LogP contribution in [0.3, 0.4) is 0 Å². The van der Waals surface area contributed by atoms with Gasteiger partial charge in [0.2, 0.25) is 11.8 Å². The number of benzene rings is 4. The first kappa shape index (κ1) is 38.8. The van der Waals surface area contributed by atoms with Crippen molar-refractivity contribution in [3.05, 3.63) is 162 Å². The van der Waals surface area contributed by atoms with Gasteiger partial charge in [0.1, 0.15) is 11.4 Å². The molecule has 0 aliphatic heterocycles. The molecule has 306 valence electrons. The second kappa shape index (κ2) is 12.6. The molecule has 6 heteroatoms. The van der Waals surface area contributed by atoms with Crippen molar-refractivity contribution in [3.8, 4) is 23.1 Å². The number of nitrogens with zero attached hydrogens (tertiary/aromatic N) is 4. The third-order valence-corrected chi connectivity index (χ3v) is 14.1. The van der Waals surface area contributed by atoms with Crippen molar-refractivity contribution < 1.29 is 9.47 Å². The fourth-order valence-electron chi connectivity index (χ4n) is 10.8. The van der Waals surface area contributed by atoms with Crippen LogP contribution in [0, 0.1) is 0 Å². The molecule has 4 atom stereocenters. The maximum absolute atomic E-state index is 6.21. The van der Waals surface area contributed by atoms with Crippen LogP contribution >= 0.6 is 0 Å². The Morgan fingerprint density at radius 3 is 0.817 bits per heavy atom. The van der Waals surface area contributed by atoms with Gasteiger partial charge < -0.3 is 9.47 Å². The molecule has 2 aromatic heterocycles. The van der Waals surface area contributed by atoms with Gasteiger partial charge in [0.25, 0.3) is 0 Å². The van der Waals surface area contributed by atoms with Gasteiger partial charge in [-0.25, -0.2) is 0 Å². The summed E-state index contributed by atoms with van der Waals surface area (Å²) < 4.78 is 12.4. The summed E-state index contributed by atoms with van der Waals surface area (Å²) in [6.07, 6.45) is 0. The topological polar surface area (TPSA) is 70.0 Å². The maximum Gasteiger partial charge on any atom is 0.237 e. The number of hydrogen-bond acceptors (Lipinski definition) is 6. The van der Waals surface area contributed by atoms with E-state index < -0.39 is 0 Å². The van der Waals surface area contributed by atoms with E-state index in [1.165, 1.54) is 66.8 Å². The number of ether oxygens (including phenoxy) is 2. The van der Waals surface area contributed by atoms with Crippen LogP contribution in [0.2, 0.25) is 0 Å². The van der Waals surface area contributed by atoms with Crippen molar-refractivity contribution in [3.63, 3.8) is 0 Å². The maximum atomic E-state index is 6.21. The number of rotatable bonds is 3. The largest absolute Gasteiger partial charge is 0.480 e. The molecule has 6 aliphatic carbocycles. The molecule has 0 radical (unpaired) electrons. The highest BCUT2D eigenvalue weighted by Gasteiger charge is 2.50. The number of aromatic nitrogens is 4. The van der Waals surface area contributed by atoms with E-state index in [1.807, 2.05) is 0 Å². The molecule has 12 rings (SSSR count). The summed E-state index contributed by atoms with van der Waals surface area (Å²) >= 11 is 0. The van der Waals surface area contributed by atoms with Gasteiger partial charge in [-0.3, -0.25) is 0 Å². The van der Waals surface area contributed by atoms with E-state index in [2.05, 4.69) is 156 Å². The van der Waals surface area contributed by atoms with Gasteiger partial charge in [0, 0.05) is 45.9 Å². The van der Waals surface area contributed by atoms with E-state index in [-0.39, 0.29) is 45.3 Å². The smallest absolute Gasteiger partial charge is 0.237 e. The molecule has 0 fully saturated rings. The molecule has 6 aromatic rings. The molecular formula is C54H58N4O2. The third-order valence-electron chi connectivity index (χ3n) is 14.1. The molecule has 6 aliphatic rings. The van der Waals surface area contributed by atoms with Gasteiger partial charge in [0.15, 0.2) is 0 Å². The average Bonchev–Trinajstić information content (AvgIpc) is 3.20. The fourth-order valence-corrected chi connectivity index (χ4v) is 10.8. The number of hydrogen-bond donors (Lipinski definition) is 0. The van der Waals surface area contributed by atoms with Crippen LogP contribution < -0.4 is 9.47 Å². The lowest BCUT2D eigenvalue weighted by atomic mass is 9.58. The zero-order valence-electron chi connectivity index (χ0n) is 37.8. The van der Waals surface area contributed by atoms with Gasteiger partial charge in [-0.15, -0.1) is 20.4 Å². The van der Waals surface area contributed by atoms with Crippen LogP contribution in [0.15, 0.2) is 72.8 Å². The SMILES string of the molecule is COc1nnc(-c2nnc(OC)c3c2[C@H]2c4ccc(C(C)(C)C)cc4[C@@H]3c3ccc(C(C)(C)C)cc32)c2c1[C@@H]1c3cc(C(C)(C)C)ccc3[C@H]2c2cc(C(C)(C)C)ccc21. The molecule has 0 spiro atoms. The molecule has 0 amide bonds. The lowest BCUT2D eigenvalue weighted by Gasteiger charge is -2.45. The third kappa shape index (κ3) is 5.44. The zero-order valence-corrected chi connectivity index (χ0v) is 37.8. The second-order valence-electron chi connectivity index (χ2n) is 21.9. The monoisotopic (exact) mass is 794 g/mol. The molecule has 4 aromatic carbocycles. The molecule has 60 heavy (non-hydrogen) atoms. The molecule has 2 heterocycles. The average molecular weight is 795 g/mol. The molecular weight excluding hydrogens is 737 g/mol. The summed E-state index contributed by atoms with van der Waals surface area (Å²) in [5.41, 5.74) is 21.7. The predicted octanol–water partition coefficient (Wildman–Crippen LogP) is 12.1. The minimum atomic E-state index is -0.104. The Labute approximate surface area is 356 Å². The fraction of sp³-hybridized carbons (Fsp3) is 0.407. The molecule has 4 bridgehead atoms. The van der Waals surface area contributed by atoms with Gasteiger partial charge in [-0.1, -0.05) is 156 Å². The Kier molecular flexibility index (Phi) is 8.15. The van der Waals surface area contributed by atoms with E-state index in [4.69, 9.17) is 29.9 Å². The molecule has 0 N–H and O–H groups in total. The van der Waals surface area contributed by atoms with E-state index in [0.29, 0.717) is 11.8 Å². The summed E-state index contributed by atoms with van der Waals surface area (Å²) in [6.45, 7) is 27.5. The van der Waals surface area contributed by atoms with Crippen LogP contribution in [0.4, 0.5) is 0 Å². The van der Waals surface area contributed by atoms with Gasteiger partial charge >= 0.3 is 0 Å². The lowest BCUT2D eigenvalue weighted by Crippen LogP contribution is -2.33. The van der Waals surface area contributed by atoms with E-state index in [0.717, 1.165) is 33.6 Å². The first-order chi connectivity index (χ1) is 28.2. The van der Waals surface area contributed by atoms with E-state index >= 15 is 0 Å². The van der Waals surface area contributed by atoms with Crippen LogP contribution in [-0.2, 0) is 21.7 Å². The Balaban J connectivity index is 1.29. The predicted molar refractivity (Wildman–Crippen MR) is 241 cm³/mol. The highest BCUT2D eigenvalue weighted by molar-refractivity contribution is 5.82. The van der Waals surface area contributed by atoms with Crippen molar-refractivity contribution >= 4 is 0 Å². The first-order valence-corrected chi connectivity index (χ1v) is 21.7. The molecule has 6 nitrogen and oxygen atoms in total. The second-order valence-corrected chi connectivity index (χ2v) is 21.9. The molecule has 0 unspecified atom stereocenters. The summed E-state index contributed by atoms with van der Waals surface area (Å²) in [5, 5.41) is 20.2. The molecule has 0 saturated carbocycles. The minimum Gasteiger partial charge on any atom is -0.480 e. The normalized spacial score (nSPS) is 19.5. The summed E-state index contributed by atoms with van der Waals surface area (Å²) in [7, 11) is 3.45. The van der Waals surface area contributed by atoms with Crippen LogP contribution in [0.25, 0.3) is 11.4 Å². The summed E-state index contributed by atoms with van der Waals surface area (Å²) in [6, 6.07) is 28.6. The zero-order chi connectivity index (χ0) is 42.6. The van der Waals surface area contributed by atoms with Crippen molar-refractivity contribution in [2.75, 3.05) is 14.2 Å². The standard InChI is InChI=1S/C54H58N4O2/c1-51(2,3)27-17-21-33-35(23-27)39-31-19-15-29(53(7,8)9)25-37(31)41(33)45-43(39)47(55-57-49(45)59-13)48-44-40-32-20-16-30(54(10,11)12)26-38(32)42(46(44)50(60-14)58-56-48)34-22-18-28(24-36(34)40)52(4,5)6/h15-26,39-42H,1-14H3/t39-,40-,41-,42-/m0/s1.